The van der Waals surface area contributed by atoms with Gasteiger partial charge in [-0.1, -0.05) is 24.3 Å². The van der Waals surface area contributed by atoms with Crippen LogP contribution in [0.25, 0.3) is 98.0 Å². The van der Waals surface area contributed by atoms with Crippen LogP contribution < -0.4 is 11.1 Å². The molecule has 0 fully saturated rings. The van der Waals surface area contributed by atoms with Crippen LogP contribution in [0.3, 0.4) is 0 Å². The molecule has 44 heavy (non-hydrogen) atoms. The first-order valence-electron chi connectivity index (χ1n) is 14.1. The van der Waals surface area contributed by atoms with Gasteiger partial charge < -0.3 is 0 Å². The van der Waals surface area contributed by atoms with Gasteiger partial charge in [-0.15, -0.1) is 0 Å². The molecule has 4 aromatic heterocycles. The molecule has 0 aliphatic rings. The number of aromatic nitrogens is 4. The SMILES string of the molecule is O=c1c2ccc3c4ccc5c6c(ccc(c7ccc(c2c37)c2nc3cc(F)ccc3n12)c46)c(=O)n1c2ccc(F)cc2nc51. The van der Waals surface area contributed by atoms with Gasteiger partial charge in [0.05, 0.1) is 22.1 Å². The second-order valence-electron chi connectivity index (χ2n) is 11.6. The molecular formula is C36H14F2N4O2. The fourth-order valence-electron chi connectivity index (χ4n) is 7.74. The van der Waals surface area contributed by atoms with E-state index in [0.29, 0.717) is 44.1 Å². The zero-order chi connectivity index (χ0) is 29.2. The minimum atomic E-state index is -0.409. The Morgan fingerprint density at radius 2 is 0.773 bits per heavy atom. The third-order valence-electron chi connectivity index (χ3n) is 9.48. The minimum absolute atomic E-state index is 0.206. The average Bonchev–Trinajstić information content (AvgIpc) is 3.60. The molecule has 204 valence electrons. The summed E-state index contributed by atoms with van der Waals surface area (Å²) < 4.78 is 31.3. The minimum Gasteiger partial charge on any atom is -0.268 e. The van der Waals surface area contributed by atoms with Crippen molar-refractivity contribution in [3.63, 3.8) is 0 Å². The molecule has 0 saturated heterocycles. The van der Waals surface area contributed by atoms with E-state index in [1.54, 1.807) is 20.9 Å². The van der Waals surface area contributed by atoms with Gasteiger partial charge in [-0.05, 0) is 80.8 Å². The van der Waals surface area contributed by atoms with Crippen LogP contribution in [0.2, 0.25) is 0 Å². The van der Waals surface area contributed by atoms with Crippen LogP contribution in [-0.2, 0) is 0 Å². The van der Waals surface area contributed by atoms with Crippen LogP contribution in [0.5, 0.6) is 0 Å². The number of fused-ring (bicyclic) bond motifs is 10. The number of hydrogen-bond acceptors (Lipinski definition) is 4. The molecule has 0 radical (unpaired) electrons. The Morgan fingerprint density at radius 1 is 0.432 bits per heavy atom. The van der Waals surface area contributed by atoms with Crippen LogP contribution in [0, 0.1) is 11.6 Å². The van der Waals surface area contributed by atoms with Gasteiger partial charge in [-0.25, -0.2) is 18.7 Å². The lowest BCUT2D eigenvalue weighted by Crippen LogP contribution is -2.14. The normalized spacial score (nSPS) is 13.0. The zero-order valence-corrected chi connectivity index (χ0v) is 22.4. The number of halogens is 2. The molecule has 0 unspecified atom stereocenters. The van der Waals surface area contributed by atoms with E-state index in [4.69, 9.17) is 9.97 Å². The first-order valence-corrected chi connectivity index (χ1v) is 14.1. The largest absolute Gasteiger partial charge is 0.268 e. The number of hydrogen-bond donors (Lipinski definition) is 0. The van der Waals surface area contributed by atoms with Crippen molar-refractivity contribution in [2.75, 3.05) is 0 Å². The second-order valence-corrected chi connectivity index (χ2v) is 11.6. The molecule has 6 nitrogen and oxygen atoms in total. The Kier molecular flexibility index (Phi) is 3.65. The van der Waals surface area contributed by atoms with E-state index in [-0.39, 0.29) is 11.1 Å². The van der Waals surface area contributed by atoms with Gasteiger partial charge in [0.15, 0.2) is 0 Å². The third-order valence-corrected chi connectivity index (χ3v) is 9.48. The van der Waals surface area contributed by atoms with E-state index in [2.05, 4.69) is 0 Å². The van der Waals surface area contributed by atoms with Gasteiger partial charge in [-0.2, -0.15) is 0 Å². The number of imidazole rings is 2. The summed E-state index contributed by atoms with van der Waals surface area (Å²) in [6.45, 7) is 0. The summed E-state index contributed by atoms with van der Waals surface area (Å²) in [6.07, 6.45) is 0. The lowest BCUT2D eigenvalue weighted by Gasteiger charge is -2.18. The van der Waals surface area contributed by atoms with Crippen molar-refractivity contribution >= 4 is 98.0 Å². The zero-order valence-electron chi connectivity index (χ0n) is 22.4. The molecule has 11 aromatic rings. The van der Waals surface area contributed by atoms with Crippen LogP contribution in [-0.4, -0.2) is 18.8 Å². The molecule has 8 heteroatoms. The molecule has 0 spiro atoms. The molecule has 0 aliphatic heterocycles. The number of nitrogens with zero attached hydrogens (tertiary/aromatic N) is 4. The summed E-state index contributed by atoms with van der Waals surface area (Å²) in [5, 5.41) is 10.0. The van der Waals surface area contributed by atoms with Gasteiger partial charge in [0, 0.05) is 44.5 Å². The summed E-state index contributed by atoms with van der Waals surface area (Å²) in [7, 11) is 0. The van der Waals surface area contributed by atoms with E-state index in [9.17, 15) is 18.4 Å². The highest BCUT2D eigenvalue weighted by atomic mass is 19.1. The number of pyridine rings is 2. The predicted octanol–water partition coefficient (Wildman–Crippen LogP) is 7.52. The molecule has 4 heterocycles. The van der Waals surface area contributed by atoms with Crippen molar-refractivity contribution in [3.05, 3.63) is 117 Å². The van der Waals surface area contributed by atoms with E-state index < -0.39 is 11.6 Å². The molecule has 11 rings (SSSR count). The van der Waals surface area contributed by atoms with Gasteiger partial charge in [0.1, 0.15) is 22.9 Å². The van der Waals surface area contributed by atoms with Gasteiger partial charge in [-0.3, -0.25) is 18.4 Å². The molecular weight excluding hydrogens is 558 g/mol. The second kappa shape index (κ2) is 7.12. The lowest BCUT2D eigenvalue weighted by molar-refractivity contribution is 0.629. The van der Waals surface area contributed by atoms with Gasteiger partial charge >= 0.3 is 0 Å². The van der Waals surface area contributed by atoms with Crippen LogP contribution in [0.4, 0.5) is 8.78 Å². The highest BCUT2D eigenvalue weighted by molar-refractivity contribution is 6.40. The first-order chi connectivity index (χ1) is 21.5. The molecule has 0 amide bonds. The van der Waals surface area contributed by atoms with Crippen molar-refractivity contribution in [3.8, 4) is 0 Å². The highest BCUT2D eigenvalue weighted by Gasteiger charge is 2.24. The van der Waals surface area contributed by atoms with E-state index >= 15 is 0 Å². The average molecular weight is 573 g/mol. The fraction of sp³-hybridized carbons (Fsp3) is 0. The number of rotatable bonds is 0. The maximum absolute atomic E-state index is 14.1. The quantitative estimate of drug-likeness (QED) is 0.139. The Morgan fingerprint density at radius 3 is 1.18 bits per heavy atom. The maximum atomic E-state index is 14.1. The Hall–Kier alpha value is -6.02. The number of benzene rings is 7. The van der Waals surface area contributed by atoms with Crippen molar-refractivity contribution in [1.29, 1.82) is 0 Å². The van der Waals surface area contributed by atoms with Crippen molar-refractivity contribution in [1.82, 2.24) is 18.8 Å². The molecule has 0 atom stereocenters. The van der Waals surface area contributed by atoms with Crippen LogP contribution in [0.1, 0.15) is 0 Å². The van der Waals surface area contributed by atoms with Crippen LogP contribution >= 0.6 is 0 Å². The van der Waals surface area contributed by atoms with Crippen molar-refractivity contribution < 1.29 is 8.78 Å². The maximum Gasteiger partial charge on any atom is 0.264 e. The lowest BCUT2D eigenvalue weighted by atomic mass is 9.86. The molecule has 0 N–H and O–H groups in total. The summed E-state index contributed by atoms with van der Waals surface area (Å²) in [4.78, 5) is 37.3. The first kappa shape index (κ1) is 22.6. The van der Waals surface area contributed by atoms with E-state index in [1.165, 1.54) is 24.3 Å². The molecule has 0 saturated carbocycles. The third kappa shape index (κ3) is 2.38. The van der Waals surface area contributed by atoms with E-state index in [0.717, 1.165) is 53.9 Å². The predicted molar refractivity (Wildman–Crippen MR) is 170 cm³/mol. The molecule has 7 aromatic carbocycles. The van der Waals surface area contributed by atoms with Gasteiger partial charge in [0.2, 0.25) is 0 Å². The topological polar surface area (TPSA) is 68.7 Å². The summed E-state index contributed by atoms with van der Waals surface area (Å²) in [5.74, 6) is -0.819. The Balaban J connectivity index is 1.37. The van der Waals surface area contributed by atoms with Crippen molar-refractivity contribution in [2.24, 2.45) is 0 Å². The summed E-state index contributed by atoms with van der Waals surface area (Å²) >= 11 is 0. The Bertz CT molecular complexity index is 3000. The van der Waals surface area contributed by atoms with E-state index in [1.807, 2.05) is 48.5 Å². The fourth-order valence-corrected chi connectivity index (χ4v) is 7.74. The van der Waals surface area contributed by atoms with Crippen LogP contribution in [0.15, 0.2) is 94.5 Å². The standard InChI is InChI=1S/C36H14F2N4O2/c37-15-1-11-27-25(13-15)39-33-21-7-3-17-20-6-10-24-32-22(34-40-26-14-16(38)2-12-28(26)42(34)36(24)44)8-4-18(30(20)32)19-5-9-23(31(21)29(17)19)35(43)41(27)33/h1-14H. The Labute approximate surface area is 242 Å². The van der Waals surface area contributed by atoms with Gasteiger partial charge in [0.25, 0.3) is 11.1 Å². The summed E-state index contributed by atoms with van der Waals surface area (Å²) in [6, 6.07) is 24.3. The molecule has 0 bridgehead atoms. The van der Waals surface area contributed by atoms with Crippen molar-refractivity contribution in [2.45, 2.75) is 0 Å². The molecule has 0 aliphatic carbocycles. The highest BCUT2D eigenvalue weighted by Crippen LogP contribution is 2.45. The summed E-state index contributed by atoms with van der Waals surface area (Å²) in [5.41, 5.74) is 2.54. The smallest absolute Gasteiger partial charge is 0.264 e. The monoisotopic (exact) mass is 572 g/mol.